The minimum Gasteiger partial charge on any atom is -0.309 e. The molecule has 1 aliphatic carbocycles. The minimum atomic E-state index is 0.734. The maximum Gasteiger partial charge on any atom is 0.0900 e. The number of aryl methyl sites for hydroxylation is 2. The molecule has 0 aliphatic heterocycles. The van der Waals surface area contributed by atoms with Gasteiger partial charge >= 0.3 is 0 Å². The van der Waals surface area contributed by atoms with Gasteiger partial charge in [-0.15, -0.1) is 11.3 Å². The van der Waals surface area contributed by atoms with Crippen molar-refractivity contribution in [1.82, 2.24) is 10.3 Å². The molecule has 2 rings (SSSR count). The van der Waals surface area contributed by atoms with Crippen LogP contribution >= 0.6 is 11.3 Å². The molecule has 0 unspecified atom stereocenters. The summed E-state index contributed by atoms with van der Waals surface area (Å²) in [7, 11) is 0. The lowest BCUT2D eigenvalue weighted by atomic mass is 9.87. The van der Waals surface area contributed by atoms with Crippen LogP contribution in [0.3, 0.4) is 0 Å². The van der Waals surface area contributed by atoms with Crippen LogP contribution in [0, 0.1) is 19.8 Å². The van der Waals surface area contributed by atoms with Crippen molar-refractivity contribution in [3.05, 3.63) is 15.6 Å². The molecule has 1 heterocycles. The maximum atomic E-state index is 4.47. The van der Waals surface area contributed by atoms with Gasteiger partial charge in [-0.25, -0.2) is 4.98 Å². The third-order valence-corrected chi connectivity index (χ3v) is 4.64. The minimum absolute atomic E-state index is 0.734. The molecule has 3 heteroatoms. The Labute approximate surface area is 102 Å². The molecule has 1 aromatic rings. The number of hydrogen-bond acceptors (Lipinski definition) is 3. The van der Waals surface area contributed by atoms with Gasteiger partial charge in [0, 0.05) is 17.5 Å². The molecule has 1 aromatic heterocycles. The second kappa shape index (κ2) is 5.28. The Morgan fingerprint density at radius 1 is 1.25 bits per heavy atom. The molecule has 0 atom stereocenters. The molecule has 2 nitrogen and oxygen atoms in total. The first-order valence-corrected chi connectivity index (χ1v) is 7.13. The lowest BCUT2D eigenvalue weighted by Gasteiger charge is -2.26. The van der Waals surface area contributed by atoms with Gasteiger partial charge < -0.3 is 5.32 Å². The van der Waals surface area contributed by atoms with Crippen LogP contribution in [-0.4, -0.2) is 11.0 Å². The standard InChI is InChI=1S/C13H22N2S/c1-9-4-6-12(7-5-9)14-8-13-10(2)15-11(3)16-13/h9,12,14H,4-8H2,1-3H3. The Kier molecular flexibility index (Phi) is 3.98. The molecule has 0 spiro atoms. The fourth-order valence-electron chi connectivity index (χ4n) is 2.44. The van der Waals surface area contributed by atoms with E-state index in [1.165, 1.54) is 41.3 Å². The maximum absolute atomic E-state index is 4.47. The lowest BCUT2D eigenvalue weighted by Crippen LogP contribution is -2.32. The fraction of sp³-hybridized carbons (Fsp3) is 0.769. The van der Waals surface area contributed by atoms with E-state index in [1.54, 1.807) is 0 Å². The van der Waals surface area contributed by atoms with Gasteiger partial charge in [-0.2, -0.15) is 0 Å². The predicted octanol–water partition coefficient (Wildman–Crippen LogP) is 3.43. The smallest absolute Gasteiger partial charge is 0.0900 e. The van der Waals surface area contributed by atoms with E-state index in [9.17, 15) is 0 Å². The Morgan fingerprint density at radius 2 is 1.94 bits per heavy atom. The number of rotatable bonds is 3. The summed E-state index contributed by atoms with van der Waals surface area (Å²) in [6, 6.07) is 0.734. The number of nitrogens with zero attached hydrogens (tertiary/aromatic N) is 1. The molecule has 16 heavy (non-hydrogen) atoms. The van der Waals surface area contributed by atoms with Crippen molar-refractivity contribution in [1.29, 1.82) is 0 Å². The molecule has 0 amide bonds. The molecular formula is C13H22N2S. The summed E-state index contributed by atoms with van der Waals surface area (Å²) in [5.41, 5.74) is 1.21. The van der Waals surface area contributed by atoms with Crippen molar-refractivity contribution in [3.8, 4) is 0 Å². The highest BCUT2D eigenvalue weighted by Gasteiger charge is 2.18. The van der Waals surface area contributed by atoms with Crippen molar-refractivity contribution in [2.45, 2.75) is 59.0 Å². The summed E-state index contributed by atoms with van der Waals surface area (Å²) in [4.78, 5) is 5.88. The van der Waals surface area contributed by atoms with Crippen molar-refractivity contribution in [2.24, 2.45) is 5.92 Å². The molecule has 1 aliphatic rings. The zero-order valence-electron chi connectivity index (χ0n) is 10.5. The van der Waals surface area contributed by atoms with E-state index in [-0.39, 0.29) is 0 Å². The van der Waals surface area contributed by atoms with Gasteiger partial charge in [-0.3, -0.25) is 0 Å². The lowest BCUT2D eigenvalue weighted by molar-refractivity contribution is 0.307. The Hall–Kier alpha value is -0.410. The van der Waals surface area contributed by atoms with Crippen LogP contribution in [0.1, 0.15) is 48.2 Å². The normalized spacial score (nSPS) is 25.9. The Morgan fingerprint density at radius 3 is 2.50 bits per heavy atom. The fourth-order valence-corrected chi connectivity index (χ4v) is 3.33. The van der Waals surface area contributed by atoms with Crippen LogP contribution in [-0.2, 0) is 6.54 Å². The van der Waals surface area contributed by atoms with E-state index in [4.69, 9.17) is 0 Å². The predicted molar refractivity (Wildman–Crippen MR) is 69.8 cm³/mol. The van der Waals surface area contributed by atoms with E-state index in [1.807, 2.05) is 11.3 Å². The first-order valence-electron chi connectivity index (χ1n) is 6.31. The topological polar surface area (TPSA) is 24.9 Å². The Balaban J connectivity index is 1.81. The first-order chi connectivity index (χ1) is 7.65. The van der Waals surface area contributed by atoms with E-state index < -0.39 is 0 Å². The summed E-state index contributed by atoms with van der Waals surface area (Å²) in [6.07, 6.45) is 5.47. The van der Waals surface area contributed by atoms with Gasteiger partial charge in [0.25, 0.3) is 0 Å². The van der Waals surface area contributed by atoms with Crippen LogP contribution < -0.4 is 5.32 Å². The summed E-state index contributed by atoms with van der Waals surface area (Å²) in [5.74, 6) is 0.936. The SMILES string of the molecule is Cc1nc(C)c(CNC2CCC(C)CC2)s1. The second-order valence-electron chi connectivity index (χ2n) is 5.08. The summed E-state index contributed by atoms with van der Waals surface area (Å²) in [6.45, 7) is 7.58. The molecule has 1 saturated carbocycles. The van der Waals surface area contributed by atoms with Gasteiger partial charge in [-0.1, -0.05) is 6.92 Å². The monoisotopic (exact) mass is 238 g/mol. The van der Waals surface area contributed by atoms with Crippen LogP contribution in [0.25, 0.3) is 0 Å². The molecule has 0 saturated heterocycles. The van der Waals surface area contributed by atoms with E-state index >= 15 is 0 Å². The van der Waals surface area contributed by atoms with Crippen molar-refractivity contribution >= 4 is 11.3 Å². The Bertz CT molecular complexity index is 338. The van der Waals surface area contributed by atoms with Gasteiger partial charge in [-0.05, 0) is 45.4 Å². The third-order valence-electron chi connectivity index (χ3n) is 3.57. The highest BCUT2D eigenvalue weighted by atomic mass is 32.1. The number of nitrogens with one attached hydrogen (secondary N) is 1. The van der Waals surface area contributed by atoms with Crippen LogP contribution in [0.2, 0.25) is 0 Å². The highest BCUT2D eigenvalue weighted by molar-refractivity contribution is 7.11. The number of hydrogen-bond donors (Lipinski definition) is 1. The average molecular weight is 238 g/mol. The van der Waals surface area contributed by atoms with Gasteiger partial charge in [0.1, 0.15) is 0 Å². The highest BCUT2D eigenvalue weighted by Crippen LogP contribution is 2.24. The van der Waals surface area contributed by atoms with E-state index in [0.29, 0.717) is 0 Å². The molecule has 0 bridgehead atoms. The van der Waals surface area contributed by atoms with E-state index in [0.717, 1.165) is 18.5 Å². The largest absolute Gasteiger partial charge is 0.309 e. The third kappa shape index (κ3) is 3.05. The zero-order valence-corrected chi connectivity index (χ0v) is 11.4. The molecule has 1 fully saturated rings. The summed E-state index contributed by atoms with van der Waals surface area (Å²) in [5, 5.41) is 4.87. The van der Waals surface area contributed by atoms with Crippen molar-refractivity contribution in [3.63, 3.8) is 0 Å². The zero-order chi connectivity index (χ0) is 11.5. The van der Waals surface area contributed by atoms with Crippen molar-refractivity contribution in [2.75, 3.05) is 0 Å². The number of aromatic nitrogens is 1. The summed E-state index contributed by atoms with van der Waals surface area (Å²) >= 11 is 1.83. The van der Waals surface area contributed by atoms with Crippen LogP contribution in [0.5, 0.6) is 0 Å². The molecule has 0 radical (unpaired) electrons. The molecule has 1 N–H and O–H groups in total. The molecular weight excluding hydrogens is 216 g/mol. The van der Waals surface area contributed by atoms with E-state index in [2.05, 4.69) is 31.1 Å². The van der Waals surface area contributed by atoms with Crippen molar-refractivity contribution < 1.29 is 0 Å². The van der Waals surface area contributed by atoms with Gasteiger partial charge in [0.2, 0.25) is 0 Å². The molecule has 90 valence electrons. The van der Waals surface area contributed by atoms with Gasteiger partial charge in [0.05, 0.1) is 10.7 Å². The molecule has 0 aromatic carbocycles. The quantitative estimate of drug-likeness (QED) is 0.872. The number of thiazole rings is 1. The van der Waals surface area contributed by atoms with Crippen LogP contribution in [0.15, 0.2) is 0 Å². The second-order valence-corrected chi connectivity index (χ2v) is 6.37. The van der Waals surface area contributed by atoms with Crippen LogP contribution in [0.4, 0.5) is 0 Å². The first kappa shape index (κ1) is 12.1. The summed E-state index contributed by atoms with van der Waals surface area (Å²) < 4.78 is 0. The van der Waals surface area contributed by atoms with Gasteiger partial charge in [0.15, 0.2) is 0 Å². The average Bonchev–Trinajstić information content (AvgIpc) is 2.57.